The molecule has 1 aliphatic carbocycles. The van der Waals surface area contributed by atoms with E-state index in [1.165, 1.54) is 4.70 Å². The van der Waals surface area contributed by atoms with Crippen LogP contribution in [0.3, 0.4) is 0 Å². The fourth-order valence-electron chi connectivity index (χ4n) is 2.88. The third-order valence-corrected chi connectivity index (χ3v) is 5.20. The van der Waals surface area contributed by atoms with Crippen LogP contribution in [0.2, 0.25) is 0 Å². The molecule has 23 heavy (non-hydrogen) atoms. The highest BCUT2D eigenvalue weighted by Crippen LogP contribution is 2.39. The van der Waals surface area contributed by atoms with Crippen LogP contribution in [0, 0.1) is 0 Å². The predicted molar refractivity (Wildman–Crippen MR) is 95.0 cm³/mol. The minimum Gasteiger partial charge on any atom is -0.381 e. The number of nitrogens with one attached hydrogen (secondary N) is 2. The summed E-state index contributed by atoms with van der Waals surface area (Å²) in [6.45, 7) is 0. The van der Waals surface area contributed by atoms with Gasteiger partial charge in [0.05, 0.1) is 22.1 Å². The first-order chi connectivity index (χ1) is 11.2. The topological polar surface area (TPSA) is 88.8 Å². The van der Waals surface area contributed by atoms with Crippen LogP contribution in [0.1, 0.15) is 24.5 Å². The molecule has 0 saturated heterocycles. The van der Waals surface area contributed by atoms with Crippen molar-refractivity contribution < 1.29 is 0 Å². The van der Waals surface area contributed by atoms with E-state index < -0.39 is 0 Å². The summed E-state index contributed by atoms with van der Waals surface area (Å²) in [4.78, 5) is 13.4. The molecular formula is C16H18N6S. The molecule has 1 fully saturated rings. The first kappa shape index (κ1) is 14.2. The lowest BCUT2D eigenvalue weighted by molar-refractivity contribution is 0.366. The lowest BCUT2D eigenvalue weighted by Crippen LogP contribution is -2.34. The second kappa shape index (κ2) is 5.66. The Labute approximate surface area is 138 Å². The zero-order valence-electron chi connectivity index (χ0n) is 12.8. The minimum atomic E-state index is 0.432. The number of hydrogen-bond acceptors (Lipinski definition) is 7. The van der Waals surface area contributed by atoms with Crippen LogP contribution in [0.5, 0.6) is 0 Å². The van der Waals surface area contributed by atoms with E-state index in [0.717, 1.165) is 29.2 Å². The molecule has 6 nitrogen and oxygen atoms in total. The molecule has 0 spiro atoms. The van der Waals surface area contributed by atoms with Gasteiger partial charge in [0.25, 0.3) is 0 Å². The van der Waals surface area contributed by atoms with Gasteiger partial charge in [-0.15, -0.1) is 0 Å². The standard InChI is InChI=1S/C16H18N6S/c1-18-15-14(17)19-8-12(21-15)9-6-10(7-9)20-16-22-11-4-2-3-5-13(11)23-16/h2-5,8-10H,6-7H2,1H3,(H2,17,19)(H,18,21)(H,20,22). The van der Waals surface area contributed by atoms with E-state index in [2.05, 4.69) is 31.7 Å². The number of nitrogens with two attached hydrogens (primary N) is 1. The Morgan fingerprint density at radius 1 is 1.22 bits per heavy atom. The predicted octanol–water partition coefficient (Wildman–Crippen LogP) is 3.07. The van der Waals surface area contributed by atoms with Gasteiger partial charge >= 0.3 is 0 Å². The number of anilines is 3. The highest BCUT2D eigenvalue weighted by molar-refractivity contribution is 7.22. The number of benzene rings is 1. The molecule has 118 valence electrons. The Morgan fingerprint density at radius 3 is 2.83 bits per heavy atom. The number of rotatable bonds is 4. The summed E-state index contributed by atoms with van der Waals surface area (Å²) in [6, 6.07) is 8.65. The molecule has 1 saturated carbocycles. The van der Waals surface area contributed by atoms with E-state index in [4.69, 9.17) is 5.73 Å². The Kier molecular flexibility index (Phi) is 3.49. The van der Waals surface area contributed by atoms with Crippen molar-refractivity contribution in [3.63, 3.8) is 0 Å². The molecule has 2 aromatic heterocycles. The average molecular weight is 326 g/mol. The molecule has 0 radical (unpaired) electrons. The molecule has 7 heteroatoms. The van der Waals surface area contributed by atoms with Gasteiger partial charge in [-0.2, -0.15) is 0 Å². The number of aromatic nitrogens is 3. The Hall–Kier alpha value is -2.41. The molecule has 3 aromatic rings. The SMILES string of the molecule is CNc1nc(C2CC(Nc3nc4ccccc4s3)C2)cnc1N. The maximum Gasteiger partial charge on any atom is 0.184 e. The molecule has 0 unspecified atom stereocenters. The molecule has 0 bridgehead atoms. The lowest BCUT2D eigenvalue weighted by Gasteiger charge is -2.35. The van der Waals surface area contributed by atoms with Crippen molar-refractivity contribution in [1.29, 1.82) is 0 Å². The van der Waals surface area contributed by atoms with Crippen LogP contribution in [0.25, 0.3) is 10.2 Å². The van der Waals surface area contributed by atoms with E-state index >= 15 is 0 Å². The highest BCUT2D eigenvalue weighted by Gasteiger charge is 2.32. The minimum absolute atomic E-state index is 0.432. The molecule has 4 rings (SSSR count). The molecule has 0 atom stereocenters. The summed E-state index contributed by atoms with van der Waals surface area (Å²) in [7, 11) is 1.81. The van der Waals surface area contributed by atoms with Gasteiger partial charge in [0.15, 0.2) is 16.8 Å². The first-order valence-electron chi connectivity index (χ1n) is 7.65. The monoisotopic (exact) mass is 326 g/mol. The maximum absolute atomic E-state index is 5.77. The number of fused-ring (bicyclic) bond motifs is 1. The maximum atomic E-state index is 5.77. The fourth-order valence-corrected chi connectivity index (χ4v) is 3.82. The molecule has 1 aliphatic rings. The quantitative estimate of drug-likeness (QED) is 0.683. The van der Waals surface area contributed by atoms with Crippen molar-refractivity contribution >= 4 is 38.3 Å². The van der Waals surface area contributed by atoms with Crippen molar-refractivity contribution in [2.24, 2.45) is 0 Å². The van der Waals surface area contributed by atoms with Crippen molar-refractivity contribution in [2.45, 2.75) is 24.8 Å². The number of hydrogen-bond donors (Lipinski definition) is 3. The summed E-state index contributed by atoms with van der Waals surface area (Å²) in [5.41, 5.74) is 7.83. The summed E-state index contributed by atoms with van der Waals surface area (Å²) in [5, 5.41) is 7.50. The summed E-state index contributed by atoms with van der Waals surface area (Å²) in [6.07, 6.45) is 3.87. The Balaban J connectivity index is 1.41. The van der Waals surface area contributed by atoms with Crippen LogP contribution in [0.15, 0.2) is 30.5 Å². The zero-order valence-corrected chi connectivity index (χ0v) is 13.6. The second-order valence-corrected chi connectivity index (χ2v) is 6.81. The third kappa shape index (κ3) is 2.68. The van der Waals surface area contributed by atoms with E-state index in [1.807, 2.05) is 25.2 Å². The van der Waals surface area contributed by atoms with Crippen LogP contribution < -0.4 is 16.4 Å². The molecular weight excluding hydrogens is 308 g/mol. The van der Waals surface area contributed by atoms with Gasteiger partial charge in [-0.25, -0.2) is 15.0 Å². The number of thiazole rings is 1. The van der Waals surface area contributed by atoms with Crippen molar-refractivity contribution in [2.75, 3.05) is 23.4 Å². The fraction of sp³-hybridized carbons (Fsp3) is 0.312. The van der Waals surface area contributed by atoms with Crippen LogP contribution in [-0.4, -0.2) is 28.0 Å². The zero-order chi connectivity index (χ0) is 15.8. The number of nitrogen functional groups attached to an aromatic ring is 1. The molecule has 4 N–H and O–H groups in total. The molecule has 0 amide bonds. The third-order valence-electron chi connectivity index (χ3n) is 4.23. The molecule has 0 aliphatic heterocycles. The Morgan fingerprint density at radius 2 is 2.04 bits per heavy atom. The van der Waals surface area contributed by atoms with Gasteiger partial charge in [-0.05, 0) is 25.0 Å². The van der Waals surface area contributed by atoms with Crippen molar-refractivity contribution in [1.82, 2.24) is 15.0 Å². The van der Waals surface area contributed by atoms with Crippen LogP contribution in [-0.2, 0) is 0 Å². The average Bonchev–Trinajstić information content (AvgIpc) is 2.94. The van der Waals surface area contributed by atoms with E-state index in [-0.39, 0.29) is 0 Å². The van der Waals surface area contributed by atoms with Gasteiger partial charge in [-0.3, -0.25) is 0 Å². The molecule has 2 heterocycles. The van der Waals surface area contributed by atoms with Gasteiger partial charge < -0.3 is 16.4 Å². The van der Waals surface area contributed by atoms with E-state index in [0.29, 0.717) is 23.6 Å². The second-order valence-electron chi connectivity index (χ2n) is 5.78. The first-order valence-corrected chi connectivity index (χ1v) is 8.47. The van der Waals surface area contributed by atoms with Gasteiger partial charge in [0, 0.05) is 19.0 Å². The number of nitrogens with zero attached hydrogens (tertiary/aromatic N) is 3. The summed E-state index contributed by atoms with van der Waals surface area (Å²) < 4.78 is 1.22. The highest BCUT2D eigenvalue weighted by atomic mass is 32.1. The van der Waals surface area contributed by atoms with E-state index in [1.54, 1.807) is 17.5 Å². The van der Waals surface area contributed by atoms with Gasteiger partial charge in [0.2, 0.25) is 0 Å². The lowest BCUT2D eigenvalue weighted by atomic mass is 9.78. The summed E-state index contributed by atoms with van der Waals surface area (Å²) >= 11 is 1.70. The summed E-state index contributed by atoms with van der Waals surface area (Å²) in [5.74, 6) is 1.53. The van der Waals surface area contributed by atoms with Gasteiger partial charge in [0.1, 0.15) is 0 Å². The van der Waals surface area contributed by atoms with E-state index in [9.17, 15) is 0 Å². The van der Waals surface area contributed by atoms with Crippen molar-refractivity contribution in [3.8, 4) is 0 Å². The molecule has 1 aromatic carbocycles. The van der Waals surface area contributed by atoms with Crippen LogP contribution >= 0.6 is 11.3 Å². The Bertz CT molecular complexity index is 806. The van der Waals surface area contributed by atoms with Crippen LogP contribution in [0.4, 0.5) is 16.8 Å². The van der Waals surface area contributed by atoms with Gasteiger partial charge in [-0.1, -0.05) is 23.5 Å². The smallest absolute Gasteiger partial charge is 0.184 e. The normalized spacial score (nSPS) is 20.2. The van der Waals surface area contributed by atoms with Crippen molar-refractivity contribution in [3.05, 3.63) is 36.2 Å². The number of para-hydroxylation sites is 1. The largest absolute Gasteiger partial charge is 0.381 e.